The molecule has 0 spiro atoms. The van der Waals surface area contributed by atoms with Crippen LogP contribution in [0, 0.1) is 5.92 Å². The summed E-state index contributed by atoms with van der Waals surface area (Å²) in [5.74, 6) is 0.784. The highest BCUT2D eigenvalue weighted by Gasteiger charge is 2.35. The van der Waals surface area contributed by atoms with Crippen molar-refractivity contribution in [3.63, 3.8) is 0 Å². The van der Waals surface area contributed by atoms with E-state index < -0.39 is 0 Å². The summed E-state index contributed by atoms with van der Waals surface area (Å²) in [4.78, 5) is 4.84. The minimum atomic E-state index is -0.0860. The summed E-state index contributed by atoms with van der Waals surface area (Å²) in [6.07, 6.45) is 4.54. The highest BCUT2D eigenvalue weighted by Crippen LogP contribution is 2.30. The van der Waals surface area contributed by atoms with E-state index in [1.165, 1.54) is 19.3 Å². The summed E-state index contributed by atoms with van der Waals surface area (Å²) >= 11 is 0. The Morgan fingerprint density at radius 1 is 1.19 bits per heavy atom. The summed E-state index contributed by atoms with van der Waals surface area (Å²) in [5, 5.41) is 10.1. The summed E-state index contributed by atoms with van der Waals surface area (Å²) in [5.41, 5.74) is 0. The number of likely N-dealkylation sites (N-methyl/N-ethyl adjacent to an activating group) is 1. The van der Waals surface area contributed by atoms with Crippen LogP contribution in [0.2, 0.25) is 0 Å². The Balaban J connectivity index is 1.92. The molecule has 4 atom stereocenters. The average Bonchev–Trinajstić information content (AvgIpc) is 2.70. The molecule has 3 heteroatoms. The fourth-order valence-corrected chi connectivity index (χ4v) is 3.22. The molecule has 0 aromatic carbocycles. The zero-order chi connectivity index (χ0) is 11.7. The molecule has 1 N–H and O–H groups in total. The molecule has 1 saturated carbocycles. The molecule has 0 amide bonds. The van der Waals surface area contributed by atoms with Gasteiger partial charge in [0.2, 0.25) is 0 Å². The maximum atomic E-state index is 10.1. The van der Waals surface area contributed by atoms with Crippen molar-refractivity contribution in [2.24, 2.45) is 5.92 Å². The highest BCUT2D eigenvalue weighted by atomic mass is 16.3. The van der Waals surface area contributed by atoms with Crippen molar-refractivity contribution in [2.45, 2.75) is 50.8 Å². The molecular weight excluding hydrogens is 200 g/mol. The predicted octanol–water partition coefficient (Wildman–Crippen LogP) is 1.17. The van der Waals surface area contributed by atoms with Gasteiger partial charge < -0.3 is 10.0 Å². The van der Waals surface area contributed by atoms with E-state index in [2.05, 4.69) is 30.8 Å². The fraction of sp³-hybridized carbons (Fsp3) is 1.00. The van der Waals surface area contributed by atoms with Gasteiger partial charge >= 0.3 is 0 Å². The molecule has 0 radical (unpaired) electrons. The average molecular weight is 226 g/mol. The Kier molecular flexibility index (Phi) is 3.88. The van der Waals surface area contributed by atoms with Gasteiger partial charge in [-0.25, -0.2) is 0 Å². The molecule has 2 aliphatic rings. The Morgan fingerprint density at radius 2 is 1.94 bits per heavy atom. The predicted molar refractivity (Wildman–Crippen MR) is 66.5 cm³/mol. The molecule has 3 nitrogen and oxygen atoms in total. The summed E-state index contributed by atoms with van der Waals surface area (Å²) in [6.45, 7) is 4.62. The molecular formula is C13H26N2O. The maximum absolute atomic E-state index is 10.1. The first-order valence-electron chi connectivity index (χ1n) is 6.66. The molecule has 0 aromatic heterocycles. The number of aliphatic hydroxyl groups excluding tert-OH is 1. The van der Waals surface area contributed by atoms with Crippen molar-refractivity contribution >= 4 is 0 Å². The van der Waals surface area contributed by atoms with E-state index in [0.717, 1.165) is 25.4 Å². The number of likely N-dealkylation sites (tertiary alicyclic amines) is 1. The summed E-state index contributed by atoms with van der Waals surface area (Å²) in [7, 11) is 4.32. The second kappa shape index (κ2) is 5.03. The number of nitrogens with zero attached hydrogens (tertiary/aromatic N) is 2. The smallest absolute Gasteiger partial charge is 0.0695 e. The number of aliphatic hydroxyl groups is 1. The van der Waals surface area contributed by atoms with Gasteiger partial charge in [0.05, 0.1) is 6.10 Å². The van der Waals surface area contributed by atoms with Crippen LogP contribution in [0.15, 0.2) is 0 Å². The van der Waals surface area contributed by atoms with Gasteiger partial charge in [-0.3, -0.25) is 4.90 Å². The lowest BCUT2D eigenvalue weighted by Crippen LogP contribution is -2.47. The van der Waals surface area contributed by atoms with E-state index in [1.807, 2.05) is 0 Å². The molecule has 94 valence electrons. The molecule has 1 saturated heterocycles. The van der Waals surface area contributed by atoms with E-state index in [-0.39, 0.29) is 6.10 Å². The quantitative estimate of drug-likeness (QED) is 0.766. The fourth-order valence-electron chi connectivity index (χ4n) is 3.22. The third kappa shape index (κ3) is 2.58. The van der Waals surface area contributed by atoms with Crippen LogP contribution >= 0.6 is 0 Å². The molecule has 0 bridgehead atoms. The van der Waals surface area contributed by atoms with Crippen LogP contribution in [0.5, 0.6) is 0 Å². The van der Waals surface area contributed by atoms with E-state index in [4.69, 9.17) is 0 Å². The Hall–Kier alpha value is -0.120. The minimum absolute atomic E-state index is 0.0860. The lowest BCUT2D eigenvalue weighted by atomic mass is 9.84. The number of rotatable bonds is 2. The van der Waals surface area contributed by atoms with Crippen LogP contribution < -0.4 is 0 Å². The first-order chi connectivity index (χ1) is 7.58. The van der Waals surface area contributed by atoms with Crippen molar-refractivity contribution < 1.29 is 5.11 Å². The van der Waals surface area contributed by atoms with Gasteiger partial charge in [-0.1, -0.05) is 6.92 Å². The Labute approximate surface area is 99.4 Å². The molecule has 16 heavy (non-hydrogen) atoms. The van der Waals surface area contributed by atoms with Gasteiger partial charge in [0.25, 0.3) is 0 Å². The molecule has 1 aliphatic heterocycles. The topological polar surface area (TPSA) is 26.7 Å². The summed E-state index contributed by atoms with van der Waals surface area (Å²) in [6, 6.07) is 1.11. The van der Waals surface area contributed by atoms with Crippen LogP contribution in [-0.4, -0.2) is 60.3 Å². The Bertz CT molecular complexity index is 232. The van der Waals surface area contributed by atoms with Crippen molar-refractivity contribution in [3.05, 3.63) is 0 Å². The zero-order valence-corrected chi connectivity index (χ0v) is 10.9. The van der Waals surface area contributed by atoms with Crippen molar-refractivity contribution in [1.82, 2.24) is 9.80 Å². The first kappa shape index (κ1) is 12.3. The minimum Gasteiger partial charge on any atom is -0.391 e. The second-order valence-corrected chi connectivity index (χ2v) is 5.95. The van der Waals surface area contributed by atoms with Crippen molar-refractivity contribution in [3.8, 4) is 0 Å². The molecule has 1 aliphatic carbocycles. The Morgan fingerprint density at radius 3 is 2.56 bits per heavy atom. The van der Waals surface area contributed by atoms with Crippen LogP contribution in [0.1, 0.15) is 32.6 Å². The third-order valence-electron chi connectivity index (χ3n) is 4.44. The monoisotopic (exact) mass is 226 g/mol. The lowest BCUT2D eigenvalue weighted by molar-refractivity contribution is 0.0138. The molecule has 4 unspecified atom stereocenters. The van der Waals surface area contributed by atoms with E-state index in [1.54, 1.807) is 0 Å². The van der Waals surface area contributed by atoms with Crippen molar-refractivity contribution in [2.75, 3.05) is 27.2 Å². The zero-order valence-electron chi connectivity index (χ0n) is 10.9. The standard InChI is InChI=1S/C13H26N2O/c1-10-4-5-13(16)12(8-10)15-7-6-11(9-15)14(2)3/h10-13,16H,4-9H2,1-3H3. The maximum Gasteiger partial charge on any atom is 0.0695 e. The van der Waals surface area contributed by atoms with Gasteiger partial charge in [-0.2, -0.15) is 0 Å². The van der Waals surface area contributed by atoms with Gasteiger partial charge in [0.1, 0.15) is 0 Å². The van der Waals surface area contributed by atoms with Crippen LogP contribution in [0.4, 0.5) is 0 Å². The van der Waals surface area contributed by atoms with Crippen LogP contribution in [0.3, 0.4) is 0 Å². The summed E-state index contributed by atoms with van der Waals surface area (Å²) < 4.78 is 0. The normalized spacial score (nSPS) is 41.8. The molecule has 0 aromatic rings. The number of hydrogen-bond donors (Lipinski definition) is 1. The van der Waals surface area contributed by atoms with E-state index in [0.29, 0.717) is 12.1 Å². The van der Waals surface area contributed by atoms with E-state index in [9.17, 15) is 5.11 Å². The lowest BCUT2D eigenvalue weighted by Gasteiger charge is -2.38. The largest absolute Gasteiger partial charge is 0.391 e. The van der Waals surface area contributed by atoms with Crippen LogP contribution in [0.25, 0.3) is 0 Å². The first-order valence-corrected chi connectivity index (χ1v) is 6.66. The van der Waals surface area contributed by atoms with Gasteiger partial charge in [-0.15, -0.1) is 0 Å². The van der Waals surface area contributed by atoms with E-state index >= 15 is 0 Å². The van der Waals surface area contributed by atoms with Gasteiger partial charge in [-0.05, 0) is 45.7 Å². The SMILES string of the molecule is CC1CCC(O)C(N2CCC(N(C)C)C2)C1. The molecule has 2 fully saturated rings. The van der Waals surface area contributed by atoms with Gasteiger partial charge in [0, 0.05) is 25.2 Å². The number of hydrogen-bond acceptors (Lipinski definition) is 3. The van der Waals surface area contributed by atoms with Crippen molar-refractivity contribution in [1.29, 1.82) is 0 Å². The highest BCUT2D eigenvalue weighted by molar-refractivity contribution is 4.91. The molecule has 2 rings (SSSR count). The molecule has 1 heterocycles. The van der Waals surface area contributed by atoms with Gasteiger partial charge in [0.15, 0.2) is 0 Å². The third-order valence-corrected chi connectivity index (χ3v) is 4.44. The van der Waals surface area contributed by atoms with Crippen LogP contribution in [-0.2, 0) is 0 Å². The second-order valence-electron chi connectivity index (χ2n) is 5.95.